The van der Waals surface area contributed by atoms with Crippen molar-refractivity contribution in [1.82, 2.24) is 0 Å². The summed E-state index contributed by atoms with van der Waals surface area (Å²) >= 11 is 4.21. The van der Waals surface area contributed by atoms with Gasteiger partial charge in [0.2, 0.25) is 0 Å². The molecule has 0 spiro atoms. The average molecular weight is 196 g/mol. The van der Waals surface area contributed by atoms with Gasteiger partial charge in [0.05, 0.1) is 6.61 Å². The molecule has 1 N–H and O–H groups in total. The van der Waals surface area contributed by atoms with Crippen LogP contribution in [0.25, 0.3) is 0 Å². The first-order valence-corrected chi connectivity index (χ1v) is 4.52. The van der Waals surface area contributed by atoms with Crippen LogP contribution in [0.3, 0.4) is 0 Å². The number of rotatable bonds is 3. The molecule has 70 valence electrons. The van der Waals surface area contributed by atoms with Gasteiger partial charge in [0.15, 0.2) is 0 Å². The van der Waals surface area contributed by atoms with E-state index in [1.807, 2.05) is 12.1 Å². The van der Waals surface area contributed by atoms with Crippen LogP contribution in [0.2, 0.25) is 0 Å². The van der Waals surface area contributed by atoms with Crippen molar-refractivity contribution in [2.24, 2.45) is 0 Å². The third-order valence-corrected chi connectivity index (χ3v) is 2.46. The quantitative estimate of drug-likeness (QED) is 0.571. The van der Waals surface area contributed by atoms with Crippen LogP contribution in [-0.2, 0) is 11.4 Å². The first kappa shape index (κ1) is 10.3. The Morgan fingerprint density at radius 1 is 1.62 bits per heavy atom. The van der Waals surface area contributed by atoms with Crippen molar-refractivity contribution in [3.8, 4) is 0 Å². The Morgan fingerprint density at radius 3 is 2.85 bits per heavy atom. The Hall–Kier alpha value is -0.800. The van der Waals surface area contributed by atoms with Gasteiger partial charge in [0.1, 0.15) is 6.29 Å². The molecule has 13 heavy (non-hydrogen) atoms. The van der Waals surface area contributed by atoms with E-state index in [1.54, 1.807) is 13.0 Å². The highest BCUT2D eigenvalue weighted by molar-refractivity contribution is 7.80. The van der Waals surface area contributed by atoms with Gasteiger partial charge in [-0.3, -0.25) is 0 Å². The Morgan fingerprint density at radius 2 is 2.31 bits per heavy atom. The molecule has 1 rings (SSSR count). The number of carbonyl (C=O) groups is 1. The predicted molar refractivity (Wildman–Crippen MR) is 54.1 cm³/mol. The van der Waals surface area contributed by atoms with Crippen LogP contribution >= 0.6 is 12.6 Å². The smallest absolute Gasteiger partial charge is 0.127 e. The Bertz CT molecular complexity index is 310. The minimum Gasteiger partial charge on any atom is -0.392 e. The van der Waals surface area contributed by atoms with E-state index < -0.39 is 0 Å². The minimum absolute atomic E-state index is 0.0762. The molecule has 3 heteroatoms. The normalized spacial score (nSPS) is 12.5. The molecule has 1 unspecified atom stereocenters. The van der Waals surface area contributed by atoms with Gasteiger partial charge in [0.25, 0.3) is 0 Å². The Labute approximate surface area is 83.0 Å². The van der Waals surface area contributed by atoms with Gasteiger partial charge < -0.3 is 9.90 Å². The van der Waals surface area contributed by atoms with Crippen molar-refractivity contribution in [3.63, 3.8) is 0 Å². The van der Waals surface area contributed by atoms with E-state index in [-0.39, 0.29) is 12.5 Å². The molecule has 0 fully saturated rings. The second-order valence-electron chi connectivity index (χ2n) is 2.93. The van der Waals surface area contributed by atoms with Crippen LogP contribution < -0.4 is 0 Å². The molecular weight excluding hydrogens is 184 g/mol. The summed E-state index contributed by atoms with van der Waals surface area (Å²) in [5.41, 5.74) is 1.59. The lowest BCUT2D eigenvalue weighted by Crippen LogP contribution is -2.01. The molecule has 1 atom stereocenters. The van der Waals surface area contributed by atoms with Crippen molar-refractivity contribution in [2.45, 2.75) is 24.3 Å². The fraction of sp³-hybridized carbons (Fsp3) is 0.300. The zero-order valence-electron chi connectivity index (χ0n) is 7.40. The molecule has 0 bridgehead atoms. The lowest BCUT2D eigenvalue weighted by Gasteiger charge is -2.11. The largest absolute Gasteiger partial charge is 0.392 e. The highest BCUT2D eigenvalue weighted by Crippen LogP contribution is 2.23. The number of carbonyl (C=O) groups excluding carboxylic acids is 1. The molecule has 0 heterocycles. The summed E-state index contributed by atoms with van der Waals surface area (Å²) in [5, 5.41) is 9.08. The summed E-state index contributed by atoms with van der Waals surface area (Å²) in [6, 6.07) is 5.47. The maximum Gasteiger partial charge on any atom is 0.127 e. The molecular formula is C10H12O2S. The van der Waals surface area contributed by atoms with E-state index in [4.69, 9.17) is 5.11 Å². The first-order valence-electron chi connectivity index (χ1n) is 4.07. The van der Waals surface area contributed by atoms with E-state index >= 15 is 0 Å². The second-order valence-corrected chi connectivity index (χ2v) is 3.41. The Kier molecular flexibility index (Phi) is 3.51. The monoisotopic (exact) mass is 196 g/mol. The predicted octanol–water partition coefficient (Wildman–Crippen LogP) is 1.77. The van der Waals surface area contributed by atoms with E-state index in [2.05, 4.69) is 12.6 Å². The summed E-state index contributed by atoms with van der Waals surface area (Å²) in [6.45, 7) is 1.72. The molecule has 0 aromatic heterocycles. The summed E-state index contributed by atoms with van der Waals surface area (Å²) in [4.78, 5) is 11.3. The fourth-order valence-electron chi connectivity index (χ4n) is 1.26. The second kappa shape index (κ2) is 4.44. The highest BCUT2D eigenvalue weighted by Gasteiger charge is 2.10. The number of aliphatic hydroxyl groups excluding tert-OH is 1. The van der Waals surface area contributed by atoms with Crippen molar-refractivity contribution >= 4 is 18.9 Å². The molecule has 0 saturated carbocycles. The third kappa shape index (κ3) is 2.11. The van der Waals surface area contributed by atoms with Gasteiger partial charge >= 0.3 is 0 Å². The molecule has 0 amide bonds. The first-order chi connectivity index (χ1) is 6.20. The summed E-state index contributed by atoms with van der Waals surface area (Å²) < 4.78 is 0. The molecule has 1 aromatic carbocycles. The van der Waals surface area contributed by atoms with Gasteiger partial charge in [-0.2, -0.15) is 0 Å². The van der Waals surface area contributed by atoms with Gasteiger partial charge in [-0.05, 0) is 17.2 Å². The number of hydrogen-bond donors (Lipinski definition) is 2. The molecule has 0 aliphatic rings. The standard InChI is InChI=1S/C10H12O2S/c1-7(5-11)8-3-2-4-10(13)9(8)6-12/h2-5,7,12-13H,6H2,1H3. The van der Waals surface area contributed by atoms with Crippen molar-refractivity contribution < 1.29 is 9.90 Å². The number of thiol groups is 1. The van der Waals surface area contributed by atoms with Gasteiger partial charge in [0, 0.05) is 10.8 Å². The van der Waals surface area contributed by atoms with Gasteiger partial charge in [-0.1, -0.05) is 19.1 Å². The number of benzene rings is 1. The van der Waals surface area contributed by atoms with Gasteiger partial charge in [-0.25, -0.2) is 0 Å². The number of aliphatic hydroxyl groups is 1. The van der Waals surface area contributed by atoms with Gasteiger partial charge in [-0.15, -0.1) is 12.6 Å². The Balaban J connectivity index is 3.19. The zero-order chi connectivity index (χ0) is 9.84. The molecule has 0 aliphatic carbocycles. The fourth-order valence-corrected chi connectivity index (χ4v) is 1.55. The molecule has 2 nitrogen and oxygen atoms in total. The lowest BCUT2D eigenvalue weighted by molar-refractivity contribution is -0.108. The third-order valence-electron chi connectivity index (χ3n) is 2.04. The minimum atomic E-state index is -0.186. The van der Waals surface area contributed by atoms with Crippen LogP contribution in [0.4, 0.5) is 0 Å². The lowest BCUT2D eigenvalue weighted by atomic mass is 9.97. The summed E-state index contributed by atoms with van der Waals surface area (Å²) in [7, 11) is 0. The maximum absolute atomic E-state index is 10.6. The van der Waals surface area contributed by atoms with E-state index in [0.717, 1.165) is 22.3 Å². The van der Waals surface area contributed by atoms with E-state index in [0.29, 0.717) is 0 Å². The molecule has 0 radical (unpaired) electrons. The summed E-state index contributed by atoms with van der Waals surface area (Å²) in [6.07, 6.45) is 0.863. The molecule has 1 aromatic rings. The van der Waals surface area contributed by atoms with Crippen LogP contribution in [0.15, 0.2) is 23.1 Å². The van der Waals surface area contributed by atoms with Crippen molar-refractivity contribution in [3.05, 3.63) is 29.3 Å². The van der Waals surface area contributed by atoms with Crippen LogP contribution in [-0.4, -0.2) is 11.4 Å². The van der Waals surface area contributed by atoms with Crippen molar-refractivity contribution in [2.75, 3.05) is 0 Å². The van der Waals surface area contributed by atoms with E-state index in [1.165, 1.54) is 0 Å². The number of hydrogen-bond acceptors (Lipinski definition) is 3. The maximum atomic E-state index is 10.6. The SMILES string of the molecule is CC(C=O)c1cccc(S)c1CO. The summed E-state index contributed by atoms with van der Waals surface area (Å²) in [5.74, 6) is -0.186. The van der Waals surface area contributed by atoms with Crippen LogP contribution in [0, 0.1) is 0 Å². The highest BCUT2D eigenvalue weighted by atomic mass is 32.1. The molecule has 0 aliphatic heterocycles. The van der Waals surface area contributed by atoms with Crippen LogP contribution in [0.1, 0.15) is 24.0 Å². The van der Waals surface area contributed by atoms with Crippen LogP contribution in [0.5, 0.6) is 0 Å². The number of aldehydes is 1. The topological polar surface area (TPSA) is 37.3 Å². The zero-order valence-corrected chi connectivity index (χ0v) is 8.29. The van der Waals surface area contributed by atoms with E-state index in [9.17, 15) is 4.79 Å². The average Bonchev–Trinajstić information content (AvgIpc) is 2.16. The molecule has 0 saturated heterocycles. The van der Waals surface area contributed by atoms with Crippen molar-refractivity contribution in [1.29, 1.82) is 0 Å².